The number of rotatable bonds is 7. The normalized spacial score (nSPS) is 16.2. The Morgan fingerprint density at radius 2 is 1.64 bits per heavy atom. The number of phenols is 1. The lowest BCUT2D eigenvalue weighted by Gasteiger charge is -2.36. The summed E-state index contributed by atoms with van der Waals surface area (Å²) in [5, 5.41) is 12.7. The highest BCUT2D eigenvalue weighted by atomic mass is 16.3. The van der Waals surface area contributed by atoms with Crippen molar-refractivity contribution in [2.24, 2.45) is 5.92 Å². The Hall–Kier alpha value is -2.53. The molecule has 3 rings (SSSR count). The molecule has 2 aromatic carbocycles. The number of hydrogen-bond acceptors (Lipinski definition) is 4. The van der Waals surface area contributed by atoms with Crippen molar-refractivity contribution < 1.29 is 9.90 Å². The Bertz CT molecular complexity index is 738. The van der Waals surface area contributed by atoms with Crippen LogP contribution in [0.25, 0.3) is 0 Å². The molecule has 0 aliphatic carbocycles. The molecule has 5 nitrogen and oxygen atoms in total. The quantitative estimate of drug-likeness (QED) is 0.772. The van der Waals surface area contributed by atoms with Crippen molar-refractivity contribution in [1.29, 1.82) is 0 Å². The van der Waals surface area contributed by atoms with Crippen LogP contribution in [0.3, 0.4) is 0 Å². The number of phenolic OH excluding ortho intramolecular Hbond substituents is 1. The van der Waals surface area contributed by atoms with Crippen molar-refractivity contribution in [1.82, 2.24) is 10.2 Å². The van der Waals surface area contributed by atoms with Gasteiger partial charge in [0, 0.05) is 31.9 Å². The molecule has 1 aliphatic heterocycles. The van der Waals surface area contributed by atoms with Gasteiger partial charge in [0.2, 0.25) is 5.91 Å². The summed E-state index contributed by atoms with van der Waals surface area (Å²) in [6.45, 7) is 8.28. The first-order valence-electron chi connectivity index (χ1n) is 10.1. The number of nitrogens with one attached hydrogen (secondary N) is 1. The summed E-state index contributed by atoms with van der Waals surface area (Å²) in [4.78, 5) is 17.2. The van der Waals surface area contributed by atoms with E-state index in [2.05, 4.69) is 41.1 Å². The standard InChI is InChI=1S/C23H31N3O2/c1-18(2)16-22(19-6-4-3-5-7-19)24-23(28)17-25-12-14-26(15-13-25)20-8-10-21(27)11-9-20/h3-11,18,22,27H,12-17H2,1-2H3,(H,24,28)/t22-/m1/s1. The summed E-state index contributed by atoms with van der Waals surface area (Å²) in [6.07, 6.45) is 0.935. The molecule has 28 heavy (non-hydrogen) atoms. The van der Waals surface area contributed by atoms with Gasteiger partial charge in [0.1, 0.15) is 5.75 Å². The third-order valence-corrected chi connectivity index (χ3v) is 5.20. The molecule has 150 valence electrons. The third-order valence-electron chi connectivity index (χ3n) is 5.20. The molecule has 2 N–H and O–H groups in total. The zero-order valence-corrected chi connectivity index (χ0v) is 16.8. The number of hydrogen-bond donors (Lipinski definition) is 2. The second kappa shape index (κ2) is 9.60. The number of benzene rings is 2. The van der Waals surface area contributed by atoms with E-state index >= 15 is 0 Å². The van der Waals surface area contributed by atoms with Gasteiger partial charge in [0.15, 0.2) is 0 Å². The van der Waals surface area contributed by atoms with Gasteiger partial charge in [-0.05, 0) is 42.2 Å². The van der Waals surface area contributed by atoms with Crippen LogP contribution in [0.5, 0.6) is 5.75 Å². The van der Waals surface area contributed by atoms with Crippen molar-refractivity contribution in [2.45, 2.75) is 26.3 Å². The Morgan fingerprint density at radius 3 is 2.25 bits per heavy atom. The minimum atomic E-state index is 0.0620. The molecule has 1 saturated heterocycles. The zero-order chi connectivity index (χ0) is 19.9. The largest absolute Gasteiger partial charge is 0.508 e. The Morgan fingerprint density at radius 1 is 1.00 bits per heavy atom. The lowest BCUT2D eigenvalue weighted by atomic mass is 9.97. The van der Waals surface area contributed by atoms with Crippen molar-refractivity contribution in [3.05, 3.63) is 60.2 Å². The summed E-state index contributed by atoms with van der Waals surface area (Å²) in [6, 6.07) is 17.6. The summed E-state index contributed by atoms with van der Waals surface area (Å²) < 4.78 is 0. The molecular weight excluding hydrogens is 350 g/mol. The van der Waals surface area contributed by atoms with E-state index in [0.29, 0.717) is 12.5 Å². The molecule has 0 aromatic heterocycles. The topological polar surface area (TPSA) is 55.8 Å². The molecule has 2 aromatic rings. The molecular formula is C23H31N3O2. The molecule has 0 spiro atoms. The van der Waals surface area contributed by atoms with Crippen LogP contribution >= 0.6 is 0 Å². The van der Waals surface area contributed by atoms with Gasteiger partial charge in [0.05, 0.1) is 12.6 Å². The molecule has 1 aliphatic rings. The maximum atomic E-state index is 12.7. The zero-order valence-electron chi connectivity index (χ0n) is 16.8. The van der Waals surface area contributed by atoms with Gasteiger partial charge in [-0.3, -0.25) is 9.69 Å². The highest BCUT2D eigenvalue weighted by molar-refractivity contribution is 5.78. The fourth-order valence-electron chi connectivity index (χ4n) is 3.71. The number of carbonyl (C=O) groups is 1. The van der Waals surface area contributed by atoms with Gasteiger partial charge in [0.25, 0.3) is 0 Å². The van der Waals surface area contributed by atoms with E-state index in [-0.39, 0.29) is 17.7 Å². The van der Waals surface area contributed by atoms with Gasteiger partial charge in [-0.15, -0.1) is 0 Å². The Labute approximate surface area is 168 Å². The van der Waals surface area contributed by atoms with Crippen LogP contribution in [-0.4, -0.2) is 48.6 Å². The predicted octanol–water partition coefficient (Wildman–Crippen LogP) is 3.42. The summed E-state index contributed by atoms with van der Waals surface area (Å²) in [5.41, 5.74) is 2.28. The molecule has 5 heteroatoms. The van der Waals surface area contributed by atoms with Crippen LogP contribution in [0.4, 0.5) is 5.69 Å². The first-order chi connectivity index (χ1) is 13.5. The second-order valence-electron chi connectivity index (χ2n) is 7.94. The lowest BCUT2D eigenvalue weighted by molar-refractivity contribution is -0.123. The average Bonchev–Trinajstić information content (AvgIpc) is 2.69. The van der Waals surface area contributed by atoms with Gasteiger partial charge in [-0.25, -0.2) is 0 Å². The number of piperazine rings is 1. The van der Waals surface area contributed by atoms with E-state index in [1.54, 1.807) is 12.1 Å². The van der Waals surface area contributed by atoms with E-state index in [1.807, 2.05) is 30.3 Å². The fraction of sp³-hybridized carbons (Fsp3) is 0.435. The molecule has 0 saturated carbocycles. The Balaban J connectivity index is 1.51. The van der Waals surface area contributed by atoms with Gasteiger partial charge in [-0.2, -0.15) is 0 Å². The number of nitrogens with zero attached hydrogens (tertiary/aromatic N) is 2. The van der Waals surface area contributed by atoms with E-state index in [4.69, 9.17) is 0 Å². The maximum absolute atomic E-state index is 12.7. The van der Waals surface area contributed by atoms with E-state index < -0.39 is 0 Å². The average molecular weight is 382 g/mol. The van der Waals surface area contributed by atoms with Crippen LogP contribution in [0.2, 0.25) is 0 Å². The van der Waals surface area contributed by atoms with Gasteiger partial charge in [-0.1, -0.05) is 44.2 Å². The summed E-state index contributed by atoms with van der Waals surface area (Å²) in [5.74, 6) is 0.889. The fourth-order valence-corrected chi connectivity index (χ4v) is 3.71. The highest BCUT2D eigenvalue weighted by Gasteiger charge is 2.21. The highest BCUT2D eigenvalue weighted by Crippen LogP contribution is 2.22. The third kappa shape index (κ3) is 5.73. The van der Waals surface area contributed by atoms with Crippen molar-refractivity contribution in [2.75, 3.05) is 37.6 Å². The minimum absolute atomic E-state index is 0.0620. The molecule has 1 fully saturated rings. The molecule has 0 unspecified atom stereocenters. The maximum Gasteiger partial charge on any atom is 0.234 e. The van der Waals surface area contributed by atoms with Crippen LogP contribution in [0.15, 0.2) is 54.6 Å². The van der Waals surface area contributed by atoms with Crippen molar-refractivity contribution in [3.8, 4) is 5.75 Å². The molecule has 1 heterocycles. The van der Waals surface area contributed by atoms with E-state index in [0.717, 1.165) is 38.3 Å². The van der Waals surface area contributed by atoms with Crippen LogP contribution < -0.4 is 10.2 Å². The van der Waals surface area contributed by atoms with E-state index in [9.17, 15) is 9.90 Å². The first-order valence-corrected chi connectivity index (χ1v) is 10.1. The van der Waals surface area contributed by atoms with Crippen LogP contribution in [0.1, 0.15) is 31.9 Å². The smallest absolute Gasteiger partial charge is 0.234 e. The molecule has 0 bridgehead atoms. The number of anilines is 1. The number of amides is 1. The minimum Gasteiger partial charge on any atom is -0.508 e. The first kappa shape index (κ1) is 20.2. The lowest BCUT2D eigenvalue weighted by Crippen LogP contribution is -2.49. The van der Waals surface area contributed by atoms with Crippen molar-refractivity contribution >= 4 is 11.6 Å². The molecule has 1 amide bonds. The number of carbonyl (C=O) groups excluding carboxylic acids is 1. The van der Waals surface area contributed by atoms with E-state index in [1.165, 1.54) is 5.56 Å². The van der Waals surface area contributed by atoms with Crippen molar-refractivity contribution in [3.63, 3.8) is 0 Å². The SMILES string of the molecule is CC(C)C[C@@H](NC(=O)CN1CCN(c2ccc(O)cc2)CC1)c1ccccc1. The second-order valence-corrected chi connectivity index (χ2v) is 7.94. The molecule has 0 radical (unpaired) electrons. The monoisotopic (exact) mass is 381 g/mol. The Kier molecular flexibility index (Phi) is 6.93. The molecule has 1 atom stereocenters. The predicted molar refractivity (Wildman–Crippen MR) is 114 cm³/mol. The van der Waals surface area contributed by atoms with Crippen LogP contribution in [-0.2, 0) is 4.79 Å². The van der Waals surface area contributed by atoms with Gasteiger partial charge < -0.3 is 15.3 Å². The number of aromatic hydroxyl groups is 1. The summed E-state index contributed by atoms with van der Waals surface area (Å²) in [7, 11) is 0. The van der Waals surface area contributed by atoms with Crippen LogP contribution in [0, 0.1) is 5.92 Å². The van der Waals surface area contributed by atoms with Gasteiger partial charge >= 0.3 is 0 Å². The summed E-state index contributed by atoms with van der Waals surface area (Å²) >= 11 is 0.